The molecule has 24 heavy (non-hydrogen) atoms. The van der Waals surface area contributed by atoms with E-state index in [1.54, 1.807) is 50.0 Å². The molecule has 1 aliphatic heterocycles. The maximum absolute atomic E-state index is 12.4. The van der Waals surface area contributed by atoms with E-state index in [4.69, 9.17) is 9.47 Å². The number of hydrogen-bond donors (Lipinski definition) is 0. The molecule has 8 heteroatoms. The van der Waals surface area contributed by atoms with Crippen LogP contribution in [-0.2, 0) is 11.3 Å². The number of amides is 2. The Bertz CT molecular complexity index is 789. The molecule has 3 rings (SSSR count). The van der Waals surface area contributed by atoms with Crippen LogP contribution in [0.2, 0.25) is 0 Å². The quantitative estimate of drug-likeness (QED) is 0.839. The van der Waals surface area contributed by atoms with Crippen molar-refractivity contribution >= 4 is 12.0 Å². The second-order valence-corrected chi connectivity index (χ2v) is 6.36. The van der Waals surface area contributed by atoms with Crippen LogP contribution < -0.4 is 4.74 Å². The van der Waals surface area contributed by atoms with Gasteiger partial charge in [0.05, 0.1) is 36.8 Å². The van der Waals surface area contributed by atoms with E-state index in [0.29, 0.717) is 22.8 Å². The summed E-state index contributed by atoms with van der Waals surface area (Å²) in [6.07, 6.45) is 2.52. The highest BCUT2D eigenvalue weighted by atomic mass is 16.6. The second kappa shape index (κ2) is 5.63. The Morgan fingerprint density at radius 2 is 2.04 bits per heavy atom. The Morgan fingerprint density at radius 1 is 1.29 bits per heavy atom. The molecule has 0 saturated carbocycles. The van der Waals surface area contributed by atoms with E-state index < -0.39 is 17.6 Å². The monoisotopic (exact) mass is 330 g/mol. The SMILES string of the molecule is COc1ccc(-n2cc3c(n2)CN(C(=O)OC(C)(C)C)C3=O)cn1. The van der Waals surface area contributed by atoms with Crippen molar-refractivity contribution in [3.05, 3.63) is 35.8 Å². The molecule has 0 radical (unpaired) electrons. The Morgan fingerprint density at radius 3 is 2.58 bits per heavy atom. The third kappa shape index (κ3) is 2.94. The summed E-state index contributed by atoms with van der Waals surface area (Å²) in [5.41, 5.74) is 0.951. The first-order chi connectivity index (χ1) is 11.3. The molecule has 0 saturated heterocycles. The van der Waals surface area contributed by atoms with Gasteiger partial charge in [0.2, 0.25) is 5.88 Å². The summed E-state index contributed by atoms with van der Waals surface area (Å²) in [4.78, 5) is 29.7. The first-order valence-corrected chi connectivity index (χ1v) is 7.42. The second-order valence-electron chi connectivity index (χ2n) is 6.36. The van der Waals surface area contributed by atoms with Crippen molar-refractivity contribution in [3.63, 3.8) is 0 Å². The molecule has 0 unspecified atom stereocenters. The third-order valence-corrected chi connectivity index (χ3v) is 3.38. The molecule has 0 aromatic carbocycles. The van der Waals surface area contributed by atoms with Gasteiger partial charge in [-0.05, 0) is 26.8 Å². The third-order valence-electron chi connectivity index (χ3n) is 3.38. The molecule has 2 amide bonds. The predicted octanol–water partition coefficient (Wildman–Crippen LogP) is 2.17. The maximum Gasteiger partial charge on any atom is 0.417 e. The van der Waals surface area contributed by atoms with Crippen LogP contribution >= 0.6 is 0 Å². The maximum atomic E-state index is 12.4. The standard InChI is InChI=1S/C16H18N4O4/c1-16(2,3)24-15(22)19-9-12-11(14(19)21)8-20(18-12)10-5-6-13(23-4)17-7-10/h5-8H,9H2,1-4H3. The van der Waals surface area contributed by atoms with E-state index >= 15 is 0 Å². The zero-order chi connectivity index (χ0) is 17.5. The van der Waals surface area contributed by atoms with E-state index in [-0.39, 0.29) is 6.54 Å². The highest BCUT2D eigenvalue weighted by molar-refractivity contribution is 6.06. The zero-order valence-electron chi connectivity index (χ0n) is 13.9. The van der Waals surface area contributed by atoms with E-state index in [1.807, 2.05) is 0 Å². The minimum atomic E-state index is -0.664. The van der Waals surface area contributed by atoms with Crippen LogP contribution in [0.15, 0.2) is 24.5 Å². The fourth-order valence-corrected chi connectivity index (χ4v) is 2.30. The van der Waals surface area contributed by atoms with Gasteiger partial charge in [-0.1, -0.05) is 0 Å². The number of nitrogens with zero attached hydrogens (tertiary/aromatic N) is 4. The van der Waals surface area contributed by atoms with Gasteiger partial charge in [0.1, 0.15) is 5.60 Å². The molecular formula is C16H18N4O4. The lowest BCUT2D eigenvalue weighted by atomic mass is 10.2. The molecular weight excluding hydrogens is 312 g/mol. The molecule has 0 fully saturated rings. The fraction of sp³-hybridized carbons (Fsp3) is 0.375. The molecule has 2 aromatic rings. The lowest BCUT2D eigenvalue weighted by Gasteiger charge is -2.23. The van der Waals surface area contributed by atoms with Gasteiger partial charge in [0.15, 0.2) is 0 Å². The minimum Gasteiger partial charge on any atom is -0.481 e. The van der Waals surface area contributed by atoms with Crippen molar-refractivity contribution < 1.29 is 19.1 Å². The average molecular weight is 330 g/mol. The Balaban J connectivity index is 1.80. The number of methoxy groups -OCH3 is 1. The zero-order valence-corrected chi connectivity index (χ0v) is 13.9. The Hall–Kier alpha value is -2.90. The summed E-state index contributed by atoms with van der Waals surface area (Å²) >= 11 is 0. The normalized spacial score (nSPS) is 13.8. The predicted molar refractivity (Wildman–Crippen MR) is 84.0 cm³/mol. The van der Waals surface area contributed by atoms with E-state index in [9.17, 15) is 9.59 Å². The van der Waals surface area contributed by atoms with Crippen molar-refractivity contribution in [1.29, 1.82) is 0 Å². The number of aromatic nitrogens is 3. The number of pyridine rings is 1. The molecule has 8 nitrogen and oxygen atoms in total. The average Bonchev–Trinajstić information content (AvgIpc) is 3.06. The summed E-state index contributed by atoms with van der Waals surface area (Å²) in [5.74, 6) is 0.0811. The molecule has 0 atom stereocenters. The van der Waals surface area contributed by atoms with E-state index in [0.717, 1.165) is 4.90 Å². The molecule has 0 N–H and O–H groups in total. The van der Waals surface area contributed by atoms with Crippen molar-refractivity contribution in [1.82, 2.24) is 19.7 Å². The number of carbonyl (C=O) groups is 2. The van der Waals surface area contributed by atoms with Crippen LogP contribution in [0.1, 0.15) is 36.8 Å². The number of carbonyl (C=O) groups excluding carboxylic acids is 2. The van der Waals surface area contributed by atoms with Gasteiger partial charge in [-0.3, -0.25) is 4.79 Å². The van der Waals surface area contributed by atoms with Crippen molar-refractivity contribution in [2.75, 3.05) is 7.11 Å². The van der Waals surface area contributed by atoms with E-state index in [1.165, 1.54) is 7.11 Å². The minimum absolute atomic E-state index is 0.0969. The Labute approximate surface area is 139 Å². The molecule has 2 aromatic heterocycles. The lowest BCUT2D eigenvalue weighted by Crippen LogP contribution is -2.37. The van der Waals surface area contributed by atoms with Crippen molar-refractivity contribution in [2.24, 2.45) is 0 Å². The highest BCUT2D eigenvalue weighted by Gasteiger charge is 2.37. The first-order valence-electron chi connectivity index (χ1n) is 7.42. The number of imide groups is 1. The molecule has 3 heterocycles. The number of hydrogen-bond acceptors (Lipinski definition) is 6. The molecule has 126 valence electrons. The van der Waals surface area contributed by atoms with Crippen molar-refractivity contribution in [2.45, 2.75) is 32.9 Å². The number of fused-ring (bicyclic) bond motifs is 1. The smallest absolute Gasteiger partial charge is 0.417 e. The van der Waals surface area contributed by atoms with E-state index in [2.05, 4.69) is 10.1 Å². The van der Waals surface area contributed by atoms with Gasteiger partial charge in [-0.15, -0.1) is 0 Å². The van der Waals surface area contributed by atoms with Crippen LogP contribution in [0, 0.1) is 0 Å². The summed E-state index contributed by atoms with van der Waals surface area (Å²) in [7, 11) is 1.54. The summed E-state index contributed by atoms with van der Waals surface area (Å²) in [6, 6.07) is 3.49. The summed E-state index contributed by atoms with van der Waals surface area (Å²) < 4.78 is 11.8. The molecule has 1 aliphatic rings. The topological polar surface area (TPSA) is 86.5 Å². The number of rotatable bonds is 2. The largest absolute Gasteiger partial charge is 0.481 e. The molecule has 0 bridgehead atoms. The fourth-order valence-electron chi connectivity index (χ4n) is 2.30. The lowest BCUT2D eigenvalue weighted by molar-refractivity contribution is 0.0246. The summed E-state index contributed by atoms with van der Waals surface area (Å²) in [6.45, 7) is 5.35. The van der Waals surface area contributed by atoms with Gasteiger partial charge in [0.25, 0.3) is 5.91 Å². The van der Waals surface area contributed by atoms with Crippen LogP contribution in [-0.4, -0.2) is 44.4 Å². The Kier molecular flexibility index (Phi) is 3.75. The van der Waals surface area contributed by atoms with Gasteiger partial charge in [0, 0.05) is 12.3 Å². The highest BCUT2D eigenvalue weighted by Crippen LogP contribution is 2.25. The van der Waals surface area contributed by atoms with Gasteiger partial charge >= 0.3 is 6.09 Å². The van der Waals surface area contributed by atoms with Crippen LogP contribution in [0.3, 0.4) is 0 Å². The van der Waals surface area contributed by atoms with Crippen LogP contribution in [0.4, 0.5) is 4.79 Å². The molecule has 0 aliphatic carbocycles. The first kappa shape index (κ1) is 16.0. The van der Waals surface area contributed by atoms with Crippen LogP contribution in [0.25, 0.3) is 5.69 Å². The van der Waals surface area contributed by atoms with Crippen LogP contribution in [0.5, 0.6) is 5.88 Å². The van der Waals surface area contributed by atoms with Crippen molar-refractivity contribution in [3.8, 4) is 11.6 Å². The van der Waals surface area contributed by atoms with Gasteiger partial charge in [-0.25, -0.2) is 19.4 Å². The number of ether oxygens (including phenoxy) is 2. The summed E-state index contributed by atoms with van der Waals surface area (Å²) in [5, 5.41) is 4.36. The van der Waals surface area contributed by atoms with Gasteiger partial charge in [-0.2, -0.15) is 5.10 Å². The van der Waals surface area contributed by atoms with Gasteiger partial charge < -0.3 is 9.47 Å². The molecule has 0 spiro atoms.